The van der Waals surface area contributed by atoms with Crippen LogP contribution in [0.3, 0.4) is 0 Å². The fourth-order valence-electron chi connectivity index (χ4n) is 2.55. The lowest BCUT2D eigenvalue weighted by Gasteiger charge is -2.43. The van der Waals surface area contributed by atoms with Crippen LogP contribution in [0.1, 0.15) is 19.4 Å². The highest BCUT2D eigenvalue weighted by Crippen LogP contribution is 2.18. The molecular formula is C15H23F2N3. The molecular weight excluding hydrogens is 260 g/mol. The maximum absolute atomic E-state index is 13.6. The van der Waals surface area contributed by atoms with Gasteiger partial charge in [-0.15, -0.1) is 0 Å². The van der Waals surface area contributed by atoms with E-state index < -0.39 is 0 Å². The third-order valence-corrected chi connectivity index (χ3v) is 4.13. The Labute approximate surface area is 119 Å². The first-order valence-electron chi connectivity index (χ1n) is 7.04. The zero-order valence-electron chi connectivity index (χ0n) is 12.2. The first-order valence-corrected chi connectivity index (χ1v) is 7.04. The minimum atomic E-state index is -0.385. The fraction of sp³-hybridized carbons (Fsp3) is 0.600. The van der Waals surface area contributed by atoms with Crippen LogP contribution in [-0.2, 0) is 6.54 Å². The minimum absolute atomic E-state index is 0.00377. The summed E-state index contributed by atoms with van der Waals surface area (Å²) >= 11 is 0. The Bertz CT molecular complexity index is 454. The average Bonchev–Trinajstić information content (AvgIpc) is 2.43. The molecule has 1 heterocycles. The molecule has 0 atom stereocenters. The second-order valence-electron chi connectivity index (χ2n) is 6.02. The van der Waals surface area contributed by atoms with Gasteiger partial charge in [-0.2, -0.15) is 0 Å². The van der Waals surface area contributed by atoms with Gasteiger partial charge in [-0.05, 0) is 32.0 Å². The van der Waals surface area contributed by atoms with Crippen molar-refractivity contribution in [3.05, 3.63) is 35.4 Å². The molecule has 1 saturated heterocycles. The van der Waals surface area contributed by atoms with Gasteiger partial charge in [-0.1, -0.05) is 0 Å². The van der Waals surface area contributed by atoms with Crippen LogP contribution in [0.4, 0.5) is 8.78 Å². The van der Waals surface area contributed by atoms with Gasteiger partial charge in [0.25, 0.3) is 0 Å². The van der Waals surface area contributed by atoms with Crippen molar-refractivity contribution in [2.75, 3.05) is 32.7 Å². The van der Waals surface area contributed by atoms with Gasteiger partial charge in [0.2, 0.25) is 0 Å². The van der Waals surface area contributed by atoms with Gasteiger partial charge < -0.3 is 5.73 Å². The highest BCUT2D eigenvalue weighted by molar-refractivity contribution is 5.18. The van der Waals surface area contributed by atoms with Crippen molar-refractivity contribution in [2.45, 2.75) is 25.9 Å². The lowest BCUT2D eigenvalue weighted by atomic mass is 10.0. The van der Waals surface area contributed by atoms with E-state index in [1.165, 1.54) is 12.1 Å². The topological polar surface area (TPSA) is 32.5 Å². The zero-order chi connectivity index (χ0) is 14.8. The second-order valence-corrected chi connectivity index (χ2v) is 6.02. The molecule has 1 aliphatic rings. The summed E-state index contributed by atoms with van der Waals surface area (Å²) < 4.78 is 26.8. The standard InChI is InChI=1S/C15H23F2N3/c1-15(2,11-18)20-7-5-19(6-8-20)10-12-9-13(16)3-4-14(12)17/h3-4,9H,5-8,10-11,18H2,1-2H3. The molecule has 112 valence electrons. The van der Waals surface area contributed by atoms with E-state index in [9.17, 15) is 8.78 Å². The molecule has 1 fully saturated rings. The molecule has 0 spiro atoms. The number of nitrogens with two attached hydrogens (primary N) is 1. The molecule has 5 heteroatoms. The summed E-state index contributed by atoms with van der Waals surface area (Å²) in [5.41, 5.74) is 6.21. The predicted octanol–water partition coefficient (Wildman–Crippen LogP) is 1.82. The Morgan fingerprint density at radius 2 is 1.80 bits per heavy atom. The molecule has 0 saturated carbocycles. The first-order chi connectivity index (χ1) is 9.42. The Balaban J connectivity index is 1.93. The summed E-state index contributed by atoms with van der Waals surface area (Å²) in [5.74, 6) is -0.722. The first kappa shape index (κ1) is 15.4. The van der Waals surface area contributed by atoms with Crippen LogP contribution in [0.2, 0.25) is 0 Å². The van der Waals surface area contributed by atoms with Crippen molar-refractivity contribution in [2.24, 2.45) is 5.73 Å². The maximum Gasteiger partial charge on any atom is 0.127 e. The summed E-state index contributed by atoms with van der Waals surface area (Å²) in [6.07, 6.45) is 0. The third-order valence-electron chi connectivity index (χ3n) is 4.13. The van der Waals surface area contributed by atoms with Crippen molar-refractivity contribution >= 4 is 0 Å². The second kappa shape index (κ2) is 6.16. The fourth-order valence-corrected chi connectivity index (χ4v) is 2.55. The number of nitrogens with zero attached hydrogens (tertiary/aromatic N) is 2. The average molecular weight is 283 g/mol. The third kappa shape index (κ3) is 3.53. The largest absolute Gasteiger partial charge is 0.329 e. The summed E-state index contributed by atoms with van der Waals surface area (Å²) in [6, 6.07) is 3.63. The molecule has 0 aromatic heterocycles. The van der Waals surface area contributed by atoms with Gasteiger partial charge in [0.05, 0.1) is 0 Å². The minimum Gasteiger partial charge on any atom is -0.329 e. The van der Waals surface area contributed by atoms with E-state index in [2.05, 4.69) is 23.6 Å². The van der Waals surface area contributed by atoms with Gasteiger partial charge in [0.1, 0.15) is 11.6 Å². The van der Waals surface area contributed by atoms with E-state index in [4.69, 9.17) is 5.73 Å². The molecule has 0 amide bonds. The maximum atomic E-state index is 13.6. The Kier molecular flexibility index (Phi) is 4.73. The highest BCUT2D eigenvalue weighted by Gasteiger charge is 2.28. The van der Waals surface area contributed by atoms with E-state index in [1.807, 2.05) is 0 Å². The normalized spacial score (nSPS) is 18.4. The summed E-state index contributed by atoms with van der Waals surface area (Å²) in [4.78, 5) is 4.51. The van der Waals surface area contributed by atoms with Crippen molar-refractivity contribution in [1.82, 2.24) is 9.80 Å². The molecule has 3 nitrogen and oxygen atoms in total. The van der Waals surface area contributed by atoms with Crippen LogP contribution in [0.5, 0.6) is 0 Å². The van der Waals surface area contributed by atoms with E-state index in [0.29, 0.717) is 18.7 Å². The van der Waals surface area contributed by atoms with Crippen LogP contribution in [-0.4, -0.2) is 48.1 Å². The van der Waals surface area contributed by atoms with Crippen LogP contribution in [0.15, 0.2) is 18.2 Å². The lowest BCUT2D eigenvalue weighted by Crippen LogP contribution is -2.57. The Morgan fingerprint density at radius 1 is 1.15 bits per heavy atom. The summed E-state index contributed by atoms with van der Waals surface area (Å²) in [7, 11) is 0. The molecule has 1 aromatic rings. The quantitative estimate of drug-likeness (QED) is 0.915. The smallest absolute Gasteiger partial charge is 0.127 e. The molecule has 0 aliphatic carbocycles. The monoisotopic (exact) mass is 283 g/mol. The number of rotatable bonds is 4. The zero-order valence-corrected chi connectivity index (χ0v) is 12.2. The van der Waals surface area contributed by atoms with Crippen molar-refractivity contribution in [3.63, 3.8) is 0 Å². The van der Waals surface area contributed by atoms with E-state index in [0.717, 1.165) is 32.2 Å². The number of hydrogen-bond donors (Lipinski definition) is 1. The van der Waals surface area contributed by atoms with Gasteiger partial charge in [0.15, 0.2) is 0 Å². The molecule has 20 heavy (non-hydrogen) atoms. The van der Waals surface area contributed by atoms with E-state index >= 15 is 0 Å². The SMILES string of the molecule is CC(C)(CN)N1CCN(Cc2cc(F)ccc2F)CC1. The molecule has 1 aromatic carbocycles. The molecule has 0 radical (unpaired) electrons. The molecule has 2 N–H and O–H groups in total. The van der Waals surface area contributed by atoms with Gasteiger partial charge in [0, 0.05) is 50.4 Å². The number of halogens is 2. The van der Waals surface area contributed by atoms with Crippen LogP contribution < -0.4 is 5.73 Å². The summed E-state index contributed by atoms with van der Waals surface area (Å²) in [5, 5.41) is 0. The van der Waals surface area contributed by atoms with Gasteiger partial charge in [-0.25, -0.2) is 8.78 Å². The highest BCUT2D eigenvalue weighted by atomic mass is 19.1. The lowest BCUT2D eigenvalue weighted by molar-refractivity contribution is 0.0533. The van der Waals surface area contributed by atoms with Gasteiger partial charge >= 0.3 is 0 Å². The molecule has 0 unspecified atom stereocenters. The number of hydrogen-bond acceptors (Lipinski definition) is 3. The van der Waals surface area contributed by atoms with E-state index in [-0.39, 0.29) is 17.2 Å². The molecule has 1 aliphatic heterocycles. The molecule has 0 bridgehead atoms. The van der Waals surface area contributed by atoms with E-state index in [1.54, 1.807) is 0 Å². The van der Waals surface area contributed by atoms with Crippen molar-refractivity contribution in [1.29, 1.82) is 0 Å². The summed E-state index contributed by atoms with van der Waals surface area (Å²) in [6.45, 7) is 8.84. The Morgan fingerprint density at radius 3 is 2.40 bits per heavy atom. The van der Waals surface area contributed by atoms with Crippen molar-refractivity contribution < 1.29 is 8.78 Å². The Hall–Kier alpha value is -1.04. The number of piperazine rings is 1. The van der Waals surface area contributed by atoms with Crippen LogP contribution in [0, 0.1) is 11.6 Å². The van der Waals surface area contributed by atoms with Crippen LogP contribution in [0.25, 0.3) is 0 Å². The number of benzene rings is 1. The van der Waals surface area contributed by atoms with Gasteiger partial charge in [-0.3, -0.25) is 9.80 Å². The predicted molar refractivity (Wildman–Crippen MR) is 76.3 cm³/mol. The van der Waals surface area contributed by atoms with Crippen molar-refractivity contribution in [3.8, 4) is 0 Å². The van der Waals surface area contributed by atoms with Crippen LogP contribution >= 0.6 is 0 Å². The molecule has 2 rings (SSSR count).